The van der Waals surface area contributed by atoms with Crippen LogP contribution < -0.4 is 5.73 Å². The number of hydrogen-bond donors (Lipinski definition) is 1. The van der Waals surface area contributed by atoms with E-state index in [0.717, 1.165) is 41.0 Å². The van der Waals surface area contributed by atoms with Crippen LogP contribution in [0.3, 0.4) is 0 Å². The number of hydrogen-bond acceptors (Lipinski definition) is 3. The Balaban J connectivity index is 1.99. The number of benzene rings is 1. The molecule has 0 amide bonds. The minimum Gasteiger partial charge on any atom is -0.459 e. The maximum Gasteiger partial charge on any atom is 0.134 e. The molecule has 0 spiro atoms. The molecule has 0 radical (unpaired) electrons. The predicted molar refractivity (Wildman–Crippen MR) is 79.4 cm³/mol. The van der Waals surface area contributed by atoms with Gasteiger partial charge in [0.05, 0.1) is 6.54 Å². The van der Waals surface area contributed by atoms with E-state index in [1.807, 2.05) is 30.6 Å². The number of para-hydroxylation sites is 1. The molecule has 2 N–H and O–H groups in total. The summed E-state index contributed by atoms with van der Waals surface area (Å²) in [4.78, 5) is 4.40. The molecule has 0 aliphatic rings. The standard InChI is InChI=1S/C16H19N3O/c1-2-5-16-18-8-9-19(16)11-15-13(10-17)12-6-3-4-7-14(12)20-15/h3-4,6-9H,2,5,10-11,17H2,1H3. The van der Waals surface area contributed by atoms with Crippen LogP contribution in [0, 0.1) is 0 Å². The van der Waals surface area contributed by atoms with E-state index in [2.05, 4.69) is 22.5 Å². The smallest absolute Gasteiger partial charge is 0.134 e. The average molecular weight is 269 g/mol. The molecule has 3 aromatic rings. The van der Waals surface area contributed by atoms with Crippen molar-refractivity contribution >= 4 is 11.0 Å². The SMILES string of the molecule is CCCc1nccn1Cc1oc2ccccc2c1CN. The van der Waals surface area contributed by atoms with Crippen LogP contribution in [0.2, 0.25) is 0 Å². The molecule has 4 nitrogen and oxygen atoms in total. The first-order valence-corrected chi connectivity index (χ1v) is 7.02. The Hall–Kier alpha value is -2.07. The maximum atomic E-state index is 5.97. The second kappa shape index (κ2) is 5.51. The fourth-order valence-electron chi connectivity index (χ4n) is 2.59. The van der Waals surface area contributed by atoms with Crippen molar-refractivity contribution in [1.82, 2.24) is 9.55 Å². The van der Waals surface area contributed by atoms with Crippen LogP contribution in [0.5, 0.6) is 0 Å². The molecule has 4 heteroatoms. The van der Waals surface area contributed by atoms with Gasteiger partial charge in [0, 0.05) is 36.3 Å². The first-order chi connectivity index (χ1) is 9.83. The molecular weight excluding hydrogens is 250 g/mol. The number of fused-ring (bicyclic) bond motifs is 1. The van der Waals surface area contributed by atoms with Crippen LogP contribution in [0.4, 0.5) is 0 Å². The predicted octanol–water partition coefficient (Wildman–Crippen LogP) is 3.09. The van der Waals surface area contributed by atoms with Gasteiger partial charge >= 0.3 is 0 Å². The van der Waals surface area contributed by atoms with Crippen molar-refractivity contribution in [2.24, 2.45) is 5.73 Å². The molecule has 0 atom stereocenters. The van der Waals surface area contributed by atoms with Gasteiger partial charge in [0.15, 0.2) is 0 Å². The molecule has 1 aromatic carbocycles. The van der Waals surface area contributed by atoms with Crippen LogP contribution in [-0.4, -0.2) is 9.55 Å². The third kappa shape index (κ3) is 2.23. The van der Waals surface area contributed by atoms with Crippen molar-refractivity contribution in [3.05, 3.63) is 53.8 Å². The summed E-state index contributed by atoms with van der Waals surface area (Å²) in [5.41, 5.74) is 7.90. The fourth-order valence-corrected chi connectivity index (χ4v) is 2.59. The molecule has 2 aromatic heterocycles. The summed E-state index contributed by atoms with van der Waals surface area (Å²) in [5, 5.41) is 1.11. The Bertz CT molecular complexity index is 711. The zero-order valence-electron chi connectivity index (χ0n) is 11.7. The number of rotatable bonds is 5. The number of aryl methyl sites for hydroxylation is 1. The van der Waals surface area contributed by atoms with Gasteiger partial charge in [-0.3, -0.25) is 0 Å². The number of imidazole rings is 1. The summed E-state index contributed by atoms with van der Waals surface area (Å²) in [6.45, 7) is 3.34. The quantitative estimate of drug-likeness (QED) is 0.774. The normalized spacial score (nSPS) is 11.3. The molecule has 20 heavy (non-hydrogen) atoms. The first kappa shape index (κ1) is 12.9. The Morgan fingerprint density at radius 2 is 2.15 bits per heavy atom. The summed E-state index contributed by atoms with van der Waals surface area (Å²) in [6.07, 6.45) is 5.90. The van der Waals surface area contributed by atoms with Gasteiger partial charge in [-0.1, -0.05) is 25.1 Å². The van der Waals surface area contributed by atoms with E-state index < -0.39 is 0 Å². The van der Waals surface area contributed by atoms with E-state index in [0.29, 0.717) is 13.1 Å². The van der Waals surface area contributed by atoms with Gasteiger partial charge in [0.25, 0.3) is 0 Å². The Morgan fingerprint density at radius 3 is 2.95 bits per heavy atom. The third-order valence-corrected chi connectivity index (χ3v) is 3.58. The molecule has 0 aliphatic heterocycles. The lowest BCUT2D eigenvalue weighted by molar-refractivity contribution is 0.514. The van der Waals surface area contributed by atoms with Crippen LogP contribution in [-0.2, 0) is 19.5 Å². The van der Waals surface area contributed by atoms with Gasteiger partial charge in [-0.2, -0.15) is 0 Å². The molecule has 2 heterocycles. The number of furan rings is 1. The minimum absolute atomic E-state index is 0.490. The molecular formula is C16H19N3O. The largest absolute Gasteiger partial charge is 0.459 e. The summed E-state index contributed by atoms with van der Waals surface area (Å²) in [5.74, 6) is 2.03. The molecule has 0 fully saturated rings. The van der Waals surface area contributed by atoms with Gasteiger partial charge in [0.1, 0.15) is 17.2 Å². The first-order valence-electron chi connectivity index (χ1n) is 7.02. The lowest BCUT2D eigenvalue weighted by Crippen LogP contribution is -2.07. The van der Waals surface area contributed by atoms with Gasteiger partial charge in [-0.25, -0.2) is 4.98 Å². The van der Waals surface area contributed by atoms with Gasteiger partial charge < -0.3 is 14.7 Å². The van der Waals surface area contributed by atoms with E-state index in [9.17, 15) is 0 Å². The van der Waals surface area contributed by atoms with Crippen molar-refractivity contribution < 1.29 is 4.42 Å². The number of nitrogens with two attached hydrogens (primary N) is 1. The van der Waals surface area contributed by atoms with Gasteiger partial charge in [-0.05, 0) is 12.5 Å². The fraction of sp³-hybridized carbons (Fsp3) is 0.312. The van der Waals surface area contributed by atoms with Crippen molar-refractivity contribution in [3.63, 3.8) is 0 Å². The molecule has 0 saturated heterocycles. The molecule has 0 aliphatic carbocycles. The highest BCUT2D eigenvalue weighted by Gasteiger charge is 2.14. The van der Waals surface area contributed by atoms with Crippen molar-refractivity contribution in [2.75, 3.05) is 0 Å². The highest BCUT2D eigenvalue weighted by molar-refractivity contribution is 5.82. The van der Waals surface area contributed by atoms with Crippen LogP contribution >= 0.6 is 0 Å². The summed E-state index contributed by atoms with van der Waals surface area (Å²) in [7, 11) is 0. The summed E-state index contributed by atoms with van der Waals surface area (Å²) >= 11 is 0. The summed E-state index contributed by atoms with van der Waals surface area (Å²) < 4.78 is 8.11. The Labute approximate surface area is 118 Å². The lowest BCUT2D eigenvalue weighted by Gasteiger charge is -2.06. The van der Waals surface area contributed by atoms with Crippen LogP contribution in [0.1, 0.15) is 30.5 Å². The van der Waals surface area contributed by atoms with Crippen LogP contribution in [0.25, 0.3) is 11.0 Å². The summed E-state index contributed by atoms with van der Waals surface area (Å²) in [6, 6.07) is 8.04. The highest BCUT2D eigenvalue weighted by atomic mass is 16.3. The van der Waals surface area contributed by atoms with Crippen LogP contribution in [0.15, 0.2) is 41.1 Å². The Kier molecular flexibility index (Phi) is 3.56. The molecule has 0 bridgehead atoms. The minimum atomic E-state index is 0.490. The second-order valence-electron chi connectivity index (χ2n) is 4.93. The van der Waals surface area contributed by atoms with E-state index >= 15 is 0 Å². The topological polar surface area (TPSA) is 57.0 Å². The number of nitrogens with zero attached hydrogens (tertiary/aromatic N) is 2. The highest BCUT2D eigenvalue weighted by Crippen LogP contribution is 2.26. The molecule has 0 saturated carbocycles. The van der Waals surface area contributed by atoms with Crippen molar-refractivity contribution in [1.29, 1.82) is 0 Å². The van der Waals surface area contributed by atoms with E-state index in [1.165, 1.54) is 0 Å². The lowest BCUT2D eigenvalue weighted by atomic mass is 10.1. The molecule has 3 rings (SSSR count). The second-order valence-corrected chi connectivity index (χ2v) is 4.93. The Morgan fingerprint density at radius 1 is 1.30 bits per heavy atom. The van der Waals surface area contributed by atoms with E-state index in [-0.39, 0.29) is 0 Å². The van der Waals surface area contributed by atoms with Crippen molar-refractivity contribution in [3.8, 4) is 0 Å². The maximum absolute atomic E-state index is 5.97. The van der Waals surface area contributed by atoms with Gasteiger partial charge in [-0.15, -0.1) is 0 Å². The number of aromatic nitrogens is 2. The average Bonchev–Trinajstić information content (AvgIpc) is 3.03. The molecule has 0 unspecified atom stereocenters. The zero-order chi connectivity index (χ0) is 13.9. The van der Waals surface area contributed by atoms with Crippen molar-refractivity contribution in [2.45, 2.75) is 32.9 Å². The van der Waals surface area contributed by atoms with E-state index in [4.69, 9.17) is 10.2 Å². The monoisotopic (exact) mass is 269 g/mol. The molecule has 104 valence electrons. The van der Waals surface area contributed by atoms with Gasteiger partial charge in [0.2, 0.25) is 0 Å². The zero-order valence-corrected chi connectivity index (χ0v) is 11.7. The third-order valence-electron chi connectivity index (χ3n) is 3.58. The van der Waals surface area contributed by atoms with E-state index in [1.54, 1.807) is 0 Å².